The van der Waals surface area contributed by atoms with Gasteiger partial charge in [0.05, 0.1) is 5.41 Å². The summed E-state index contributed by atoms with van der Waals surface area (Å²) in [6.07, 6.45) is 5.24. The number of carboxylic acid groups (broad SMARTS) is 1. The summed E-state index contributed by atoms with van der Waals surface area (Å²) in [6, 6.07) is 0. The fourth-order valence-electron chi connectivity index (χ4n) is 2.85. The Morgan fingerprint density at radius 3 is 2.53 bits per heavy atom. The van der Waals surface area contributed by atoms with Gasteiger partial charge in [0.25, 0.3) is 0 Å². The van der Waals surface area contributed by atoms with Crippen molar-refractivity contribution in [3.63, 3.8) is 0 Å². The van der Waals surface area contributed by atoms with Crippen LogP contribution in [0, 0.1) is 11.3 Å². The topological polar surface area (TPSA) is 57.6 Å². The molecular formula is C13H21NO3. The van der Waals surface area contributed by atoms with Crippen molar-refractivity contribution in [2.45, 2.75) is 45.4 Å². The van der Waals surface area contributed by atoms with Crippen molar-refractivity contribution in [2.75, 3.05) is 13.1 Å². The average molecular weight is 239 g/mol. The summed E-state index contributed by atoms with van der Waals surface area (Å²) < 4.78 is 0. The summed E-state index contributed by atoms with van der Waals surface area (Å²) in [5.74, 6) is -0.377. The molecule has 17 heavy (non-hydrogen) atoms. The minimum Gasteiger partial charge on any atom is -0.481 e. The second-order valence-corrected chi connectivity index (χ2v) is 5.43. The molecular weight excluding hydrogens is 218 g/mol. The minimum atomic E-state index is -0.744. The lowest BCUT2D eigenvalue weighted by Crippen LogP contribution is -2.51. The molecule has 1 aliphatic carbocycles. The number of carboxylic acids is 1. The third-order valence-electron chi connectivity index (χ3n) is 4.47. The molecule has 0 aromatic rings. The molecule has 96 valence electrons. The number of hydrogen-bond donors (Lipinski definition) is 1. The summed E-state index contributed by atoms with van der Waals surface area (Å²) in [4.78, 5) is 25.3. The van der Waals surface area contributed by atoms with E-state index in [1.807, 2.05) is 6.92 Å². The number of amides is 1. The highest BCUT2D eigenvalue weighted by molar-refractivity contribution is 5.81. The molecule has 1 aliphatic heterocycles. The Balaban J connectivity index is 2.05. The molecule has 0 radical (unpaired) electrons. The van der Waals surface area contributed by atoms with Crippen LogP contribution in [0.1, 0.15) is 45.4 Å². The van der Waals surface area contributed by atoms with Crippen LogP contribution >= 0.6 is 0 Å². The Bertz CT molecular complexity index is 325. The van der Waals surface area contributed by atoms with E-state index in [2.05, 4.69) is 0 Å². The molecule has 2 aliphatic rings. The van der Waals surface area contributed by atoms with E-state index < -0.39 is 11.4 Å². The number of carbonyl (C=O) groups is 2. The van der Waals surface area contributed by atoms with E-state index in [0.717, 1.165) is 32.2 Å². The number of hydrogen-bond acceptors (Lipinski definition) is 2. The lowest BCUT2D eigenvalue weighted by atomic mass is 9.76. The normalized spacial score (nSPS) is 29.8. The number of likely N-dealkylation sites (tertiary alicyclic amines) is 1. The molecule has 2 fully saturated rings. The van der Waals surface area contributed by atoms with Crippen LogP contribution in [0.15, 0.2) is 0 Å². The first-order valence-electron chi connectivity index (χ1n) is 6.61. The van der Waals surface area contributed by atoms with Crippen LogP contribution in [0.5, 0.6) is 0 Å². The summed E-state index contributed by atoms with van der Waals surface area (Å²) in [5, 5.41) is 9.36. The van der Waals surface area contributed by atoms with Crippen molar-refractivity contribution in [3.05, 3.63) is 0 Å². The van der Waals surface area contributed by atoms with E-state index in [1.165, 1.54) is 0 Å². The Kier molecular flexibility index (Phi) is 3.40. The zero-order valence-corrected chi connectivity index (χ0v) is 10.4. The molecule has 1 N–H and O–H groups in total. The highest BCUT2D eigenvalue weighted by atomic mass is 16.4. The molecule has 0 aromatic heterocycles. The molecule has 1 saturated heterocycles. The van der Waals surface area contributed by atoms with Gasteiger partial charge in [0, 0.05) is 19.0 Å². The Morgan fingerprint density at radius 2 is 2.06 bits per heavy atom. The van der Waals surface area contributed by atoms with Crippen LogP contribution < -0.4 is 0 Å². The molecule has 0 spiro atoms. The van der Waals surface area contributed by atoms with Crippen LogP contribution in [0.4, 0.5) is 0 Å². The second kappa shape index (κ2) is 4.67. The van der Waals surface area contributed by atoms with Crippen LogP contribution in [0.2, 0.25) is 0 Å². The van der Waals surface area contributed by atoms with Gasteiger partial charge in [-0.05, 0) is 32.1 Å². The summed E-state index contributed by atoms with van der Waals surface area (Å²) >= 11 is 0. The van der Waals surface area contributed by atoms with Crippen molar-refractivity contribution < 1.29 is 14.7 Å². The summed E-state index contributed by atoms with van der Waals surface area (Å²) in [7, 11) is 0. The van der Waals surface area contributed by atoms with Crippen LogP contribution in [-0.4, -0.2) is 35.0 Å². The molecule has 1 amide bonds. The van der Waals surface area contributed by atoms with E-state index in [9.17, 15) is 14.7 Å². The summed E-state index contributed by atoms with van der Waals surface area (Å²) in [5.41, 5.74) is -0.697. The van der Waals surface area contributed by atoms with Gasteiger partial charge >= 0.3 is 5.97 Å². The van der Waals surface area contributed by atoms with Crippen LogP contribution in [-0.2, 0) is 9.59 Å². The zero-order valence-electron chi connectivity index (χ0n) is 10.4. The van der Waals surface area contributed by atoms with E-state index in [-0.39, 0.29) is 11.8 Å². The van der Waals surface area contributed by atoms with Crippen LogP contribution in [0.3, 0.4) is 0 Å². The van der Waals surface area contributed by atoms with Gasteiger partial charge in [-0.1, -0.05) is 13.3 Å². The second-order valence-electron chi connectivity index (χ2n) is 5.43. The fourth-order valence-corrected chi connectivity index (χ4v) is 2.85. The quantitative estimate of drug-likeness (QED) is 0.818. The van der Waals surface area contributed by atoms with Gasteiger partial charge in [-0.3, -0.25) is 9.59 Å². The van der Waals surface area contributed by atoms with Gasteiger partial charge < -0.3 is 10.0 Å². The number of piperidine rings is 1. The van der Waals surface area contributed by atoms with Gasteiger partial charge in [0.2, 0.25) is 5.91 Å². The third-order valence-corrected chi connectivity index (χ3v) is 4.47. The molecule has 1 saturated carbocycles. The van der Waals surface area contributed by atoms with E-state index in [0.29, 0.717) is 19.4 Å². The van der Waals surface area contributed by atoms with Gasteiger partial charge in [0.1, 0.15) is 0 Å². The molecule has 1 heterocycles. The lowest BCUT2D eigenvalue weighted by Gasteiger charge is -2.41. The number of nitrogens with zero attached hydrogens (tertiary/aromatic N) is 1. The fraction of sp³-hybridized carbons (Fsp3) is 0.846. The van der Waals surface area contributed by atoms with Crippen molar-refractivity contribution >= 4 is 11.9 Å². The first kappa shape index (κ1) is 12.4. The van der Waals surface area contributed by atoms with Gasteiger partial charge in [-0.15, -0.1) is 0 Å². The lowest BCUT2D eigenvalue weighted by molar-refractivity contribution is -0.156. The van der Waals surface area contributed by atoms with E-state index >= 15 is 0 Å². The van der Waals surface area contributed by atoms with Crippen molar-refractivity contribution in [1.82, 2.24) is 4.90 Å². The van der Waals surface area contributed by atoms with Gasteiger partial charge in [-0.2, -0.15) is 0 Å². The molecule has 1 unspecified atom stereocenters. The highest BCUT2D eigenvalue weighted by Gasteiger charge is 2.43. The molecule has 2 rings (SSSR count). The standard InChI is InChI=1S/C13H21NO3/c1-2-13(12(16)17)7-4-8-14(9-13)11(15)10-5-3-6-10/h10H,2-9H2,1H3,(H,16,17). The number of rotatable bonds is 3. The van der Waals surface area contributed by atoms with E-state index in [1.54, 1.807) is 4.90 Å². The van der Waals surface area contributed by atoms with Gasteiger partial charge in [-0.25, -0.2) is 0 Å². The Morgan fingerprint density at radius 1 is 1.35 bits per heavy atom. The van der Waals surface area contributed by atoms with Crippen molar-refractivity contribution in [1.29, 1.82) is 0 Å². The highest BCUT2D eigenvalue weighted by Crippen LogP contribution is 2.36. The number of carbonyl (C=O) groups excluding carboxylic acids is 1. The predicted molar refractivity (Wildman–Crippen MR) is 63.5 cm³/mol. The first-order chi connectivity index (χ1) is 8.09. The minimum absolute atomic E-state index is 0.177. The van der Waals surface area contributed by atoms with E-state index in [4.69, 9.17) is 0 Å². The molecule has 4 heteroatoms. The predicted octanol–water partition coefficient (Wildman–Crippen LogP) is 1.89. The molecule has 0 aromatic carbocycles. The van der Waals surface area contributed by atoms with Crippen molar-refractivity contribution in [3.8, 4) is 0 Å². The Labute approximate surface area is 102 Å². The molecule has 1 atom stereocenters. The smallest absolute Gasteiger partial charge is 0.311 e. The molecule has 4 nitrogen and oxygen atoms in total. The maximum absolute atomic E-state index is 12.1. The largest absolute Gasteiger partial charge is 0.481 e. The maximum atomic E-state index is 12.1. The number of aliphatic carboxylic acids is 1. The SMILES string of the molecule is CCC1(C(=O)O)CCCN(C(=O)C2CCC2)C1. The Hall–Kier alpha value is -1.06. The van der Waals surface area contributed by atoms with Gasteiger partial charge in [0.15, 0.2) is 0 Å². The third kappa shape index (κ3) is 2.17. The molecule has 0 bridgehead atoms. The van der Waals surface area contributed by atoms with Crippen molar-refractivity contribution in [2.24, 2.45) is 11.3 Å². The average Bonchev–Trinajstić information content (AvgIpc) is 2.26. The summed E-state index contributed by atoms with van der Waals surface area (Å²) in [6.45, 7) is 3.06. The first-order valence-corrected chi connectivity index (χ1v) is 6.61. The zero-order chi connectivity index (χ0) is 12.5. The monoisotopic (exact) mass is 239 g/mol. The maximum Gasteiger partial charge on any atom is 0.311 e. The van der Waals surface area contributed by atoms with Crippen LogP contribution in [0.25, 0.3) is 0 Å².